The minimum absolute atomic E-state index is 0.110. The molecule has 3 rings (SSSR count). The minimum atomic E-state index is 0.110. The van der Waals surface area contributed by atoms with Gasteiger partial charge >= 0.3 is 0 Å². The summed E-state index contributed by atoms with van der Waals surface area (Å²) in [6, 6.07) is 7.94. The molecule has 1 saturated heterocycles. The number of hydrazone groups is 1. The number of nitrogens with zero attached hydrogens (tertiary/aromatic N) is 2. The number of benzene rings is 1. The molecule has 6 heteroatoms. The first-order chi connectivity index (χ1) is 10.7. The molecule has 0 bridgehead atoms. The van der Waals surface area contributed by atoms with Gasteiger partial charge in [-0.25, -0.2) is 0 Å². The van der Waals surface area contributed by atoms with Crippen LogP contribution in [0.4, 0.5) is 0 Å². The third kappa shape index (κ3) is 2.69. The van der Waals surface area contributed by atoms with E-state index >= 15 is 0 Å². The van der Waals surface area contributed by atoms with Gasteiger partial charge in [-0.1, -0.05) is 18.2 Å². The van der Waals surface area contributed by atoms with E-state index in [0.29, 0.717) is 38.4 Å². The average Bonchev–Trinajstić information content (AvgIpc) is 2.93. The lowest BCUT2D eigenvalue weighted by atomic mass is 10.0. The van der Waals surface area contributed by atoms with Crippen molar-refractivity contribution in [3.63, 3.8) is 0 Å². The molecule has 1 aliphatic heterocycles. The largest absolute Gasteiger partial charge is 0.378 e. The smallest absolute Gasteiger partial charge is 0.227 e. The molecule has 1 fully saturated rings. The summed E-state index contributed by atoms with van der Waals surface area (Å²) in [7, 11) is 0. The topological polar surface area (TPSA) is 83.7 Å². The number of nitrogens with one attached hydrogen (secondary N) is 1. The molecule has 0 aliphatic carbocycles. The highest BCUT2D eigenvalue weighted by Crippen LogP contribution is 2.24. The SMILES string of the molecule is C/C(=N\N)c1[nH]c2ccccc2c1CC(=O)N1CCOCC1. The first-order valence-electron chi connectivity index (χ1n) is 7.40. The Labute approximate surface area is 128 Å². The van der Waals surface area contributed by atoms with Gasteiger partial charge in [0.1, 0.15) is 0 Å². The molecule has 1 aliphatic rings. The van der Waals surface area contributed by atoms with Gasteiger partial charge in [0, 0.05) is 24.0 Å². The number of para-hydroxylation sites is 1. The Morgan fingerprint density at radius 1 is 1.36 bits per heavy atom. The summed E-state index contributed by atoms with van der Waals surface area (Å²) in [5.74, 6) is 5.53. The number of H-pyrrole nitrogens is 1. The van der Waals surface area contributed by atoms with Crippen LogP contribution in [0.1, 0.15) is 18.2 Å². The number of fused-ring (bicyclic) bond motifs is 1. The molecule has 0 atom stereocenters. The van der Waals surface area contributed by atoms with Gasteiger partial charge < -0.3 is 20.5 Å². The quantitative estimate of drug-likeness (QED) is 0.508. The molecule has 0 saturated carbocycles. The highest BCUT2D eigenvalue weighted by Gasteiger charge is 2.21. The third-order valence-electron chi connectivity index (χ3n) is 4.06. The zero-order valence-corrected chi connectivity index (χ0v) is 12.6. The summed E-state index contributed by atoms with van der Waals surface area (Å²) in [4.78, 5) is 17.7. The summed E-state index contributed by atoms with van der Waals surface area (Å²) in [6.07, 6.45) is 0.339. The van der Waals surface area contributed by atoms with E-state index in [0.717, 1.165) is 22.2 Å². The Morgan fingerprint density at radius 3 is 2.82 bits per heavy atom. The molecule has 3 N–H and O–H groups in total. The van der Waals surface area contributed by atoms with Crippen LogP contribution in [0.2, 0.25) is 0 Å². The molecule has 1 amide bonds. The summed E-state index contributed by atoms with van der Waals surface area (Å²) >= 11 is 0. The fourth-order valence-electron chi connectivity index (χ4n) is 2.83. The second-order valence-electron chi connectivity index (χ2n) is 5.41. The van der Waals surface area contributed by atoms with Crippen molar-refractivity contribution in [2.75, 3.05) is 26.3 Å². The van der Waals surface area contributed by atoms with Crippen molar-refractivity contribution in [2.24, 2.45) is 10.9 Å². The van der Waals surface area contributed by atoms with E-state index in [-0.39, 0.29) is 5.91 Å². The Balaban J connectivity index is 1.95. The van der Waals surface area contributed by atoms with Crippen LogP contribution in [0.5, 0.6) is 0 Å². The Hall–Kier alpha value is -2.34. The van der Waals surface area contributed by atoms with Gasteiger partial charge in [0.05, 0.1) is 31.0 Å². The number of ether oxygens (including phenoxy) is 1. The Morgan fingerprint density at radius 2 is 2.09 bits per heavy atom. The standard InChI is InChI=1S/C16H20N4O2/c1-11(19-17)16-13(12-4-2-3-5-14(12)18-16)10-15(21)20-6-8-22-9-7-20/h2-5,18H,6-10,17H2,1H3/b19-11+. The number of aromatic amines is 1. The van der Waals surface area contributed by atoms with Crippen LogP contribution in [0, 0.1) is 0 Å². The number of carbonyl (C=O) groups is 1. The fraction of sp³-hybridized carbons (Fsp3) is 0.375. The molecule has 2 aromatic rings. The molecule has 1 aromatic heterocycles. The van der Waals surface area contributed by atoms with Crippen molar-refractivity contribution in [3.8, 4) is 0 Å². The maximum atomic E-state index is 12.6. The van der Waals surface area contributed by atoms with Crippen LogP contribution in [-0.2, 0) is 16.0 Å². The van der Waals surface area contributed by atoms with Crippen molar-refractivity contribution < 1.29 is 9.53 Å². The van der Waals surface area contributed by atoms with Crippen molar-refractivity contribution in [1.82, 2.24) is 9.88 Å². The van der Waals surface area contributed by atoms with Gasteiger partial charge in [0.2, 0.25) is 5.91 Å². The minimum Gasteiger partial charge on any atom is -0.378 e. The number of hydrogen-bond acceptors (Lipinski definition) is 4. The predicted octanol–water partition coefficient (Wildman–Crippen LogP) is 1.25. The monoisotopic (exact) mass is 300 g/mol. The van der Waals surface area contributed by atoms with Crippen LogP contribution in [0.3, 0.4) is 0 Å². The normalized spacial score (nSPS) is 16.2. The summed E-state index contributed by atoms with van der Waals surface area (Å²) in [5.41, 5.74) is 3.48. The van der Waals surface area contributed by atoms with Crippen molar-refractivity contribution in [2.45, 2.75) is 13.3 Å². The van der Waals surface area contributed by atoms with Crippen LogP contribution < -0.4 is 5.84 Å². The molecule has 22 heavy (non-hydrogen) atoms. The number of nitrogens with two attached hydrogens (primary N) is 1. The maximum Gasteiger partial charge on any atom is 0.227 e. The zero-order chi connectivity index (χ0) is 15.5. The number of morpholine rings is 1. The zero-order valence-electron chi connectivity index (χ0n) is 12.6. The maximum absolute atomic E-state index is 12.6. The van der Waals surface area contributed by atoms with E-state index in [4.69, 9.17) is 10.6 Å². The van der Waals surface area contributed by atoms with Crippen LogP contribution in [0.15, 0.2) is 29.4 Å². The van der Waals surface area contributed by atoms with E-state index in [1.807, 2.05) is 36.1 Å². The second kappa shape index (κ2) is 6.19. The Kier molecular flexibility index (Phi) is 4.11. The summed E-state index contributed by atoms with van der Waals surface area (Å²) in [5, 5.41) is 4.82. The van der Waals surface area contributed by atoms with E-state index in [1.165, 1.54) is 0 Å². The highest BCUT2D eigenvalue weighted by atomic mass is 16.5. The van der Waals surface area contributed by atoms with E-state index in [1.54, 1.807) is 0 Å². The first kappa shape index (κ1) is 14.6. The van der Waals surface area contributed by atoms with Gasteiger partial charge in [-0.2, -0.15) is 5.10 Å². The lowest BCUT2D eigenvalue weighted by molar-refractivity contribution is -0.134. The van der Waals surface area contributed by atoms with Gasteiger partial charge in [-0.15, -0.1) is 0 Å². The molecule has 0 spiro atoms. The van der Waals surface area contributed by atoms with E-state index in [9.17, 15) is 4.79 Å². The Bertz CT molecular complexity index is 714. The van der Waals surface area contributed by atoms with Crippen molar-refractivity contribution >= 4 is 22.5 Å². The number of aromatic nitrogens is 1. The molecule has 0 unspecified atom stereocenters. The molecular weight excluding hydrogens is 280 g/mol. The summed E-state index contributed by atoms with van der Waals surface area (Å²) in [6.45, 7) is 4.36. The van der Waals surface area contributed by atoms with Gasteiger partial charge in [0.25, 0.3) is 0 Å². The van der Waals surface area contributed by atoms with Crippen molar-refractivity contribution in [1.29, 1.82) is 0 Å². The molecule has 6 nitrogen and oxygen atoms in total. The lowest BCUT2D eigenvalue weighted by Gasteiger charge is -2.27. The highest BCUT2D eigenvalue weighted by molar-refractivity contribution is 6.05. The van der Waals surface area contributed by atoms with Gasteiger partial charge in [-0.3, -0.25) is 4.79 Å². The van der Waals surface area contributed by atoms with Gasteiger partial charge in [-0.05, 0) is 18.6 Å². The molecule has 116 valence electrons. The molecular formula is C16H20N4O2. The number of carbonyl (C=O) groups excluding carboxylic acids is 1. The average molecular weight is 300 g/mol. The van der Waals surface area contributed by atoms with Crippen LogP contribution >= 0.6 is 0 Å². The van der Waals surface area contributed by atoms with E-state index < -0.39 is 0 Å². The van der Waals surface area contributed by atoms with Crippen LogP contribution in [-0.4, -0.2) is 47.8 Å². The second-order valence-corrected chi connectivity index (χ2v) is 5.41. The van der Waals surface area contributed by atoms with E-state index in [2.05, 4.69) is 10.1 Å². The first-order valence-corrected chi connectivity index (χ1v) is 7.40. The summed E-state index contributed by atoms with van der Waals surface area (Å²) < 4.78 is 5.30. The fourth-order valence-corrected chi connectivity index (χ4v) is 2.83. The van der Waals surface area contributed by atoms with Crippen LogP contribution in [0.25, 0.3) is 10.9 Å². The van der Waals surface area contributed by atoms with Crippen molar-refractivity contribution in [3.05, 3.63) is 35.5 Å². The predicted molar refractivity (Wildman–Crippen MR) is 85.8 cm³/mol. The molecule has 0 radical (unpaired) electrons. The lowest BCUT2D eigenvalue weighted by Crippen LogP contribution is -2.41. The number of rotatable bonds is 3. The number of amides is 1. The van der Waals surface area contributed by atoms with Gasteiger partial charge in [0.15, 0.2) is 0 Å². The molecule has 1 aromatic carbocycles. The molecule has 2 heterocycles. The number of hydrogen-bond donors (Lipinski definition) is 2. The third-order valence-corrected chi connectivity index (χ3v) is 4.06.